The molecule has 2 aromatic heterocycles. The lowest BCUT2D eigenvalue weighted by atomic mass is 10.1. The van der Waals surface area contributed by atoms with Crippen LogP contribution in [0.4, 0.5) is 9.52 Å². The first-order valence-electron chi connectivity index (χ1n) is 6.95. The molecule has 2 heterocycles. The van der Waals surface area contributed by atoms with E-state index in [0.717, 1.165) is 0 Å². The van der Waals surface area contributed by atoms with Crippen LogP contribution in [0.5, 0.6) is 0 Å². The zero-order valence-corrected chi connectivity index (χ0v) is 13.4. The number of halogens is 1. The largest absolute Gasteiger partial charge is 0.364 e. The number of carbonyl (C=O) groups excluding carboxylic acids is 2. The van der Waals surface area contributed by atoms with Crippen LogP contribution in [0.1, 0.15) is 26.4 Å². The third kappa shape index (κ3) is 3.18. The van der Waals surface area contributed by atoms with Crippen LogP contribution in [0.3, 0.4) is 0 Å². The zero-order chi connectivity index (χ0) is 17.3. The number of benzene rings is 1. The van der Waals surface area contributed by atoms with Crippen LogP contribution in [-0.4, -0.2) is 21.8 Å². The Morgan fingerprint density at radius 3 is 2.79 bits per heavy atom. The molecule has 3 rings (SSSR count). The number of primary amides is 1. The third-order valence-corrected chi connectivity index (χ3v) is 4.16. The number of nitrogens with zero attached hydrogens (tertiary/aromatic N) is 1. The molecule has 0 aliphatic rings. The highest BCUT2D eigenvalue weighted by Gasteiger charge is 2.13. The number of rotatable bonds is 4. The summed E-state index contributed by atoms with van der Waals surface area (Å²) < 4.78 is 13.5. The van der Waals surface area contributed by atoms with Gasteiger partial charge < -0.3 is 10.7 Å². The summed E-state index contributed by atoms with van der Waals surface area (Å²) in [5, 5.41) is 4.73. The van der Waals surface area contributed by atoms with Gasteiger partial charge in [-0.15, -0.1) is 11.3 Å². The summed E-state index contributed by atoms with van der Waals surface area (Å²) in [6.45, 7) is 1.63. The standard InChI is InChI=1S/C16H13FN4O2S/c1-8-2-3-9(4-11(8)17)15(23)21-16-20-13(7-24-16)10-5-12(14(18)22)19-6-10/h2-7,19H,1H3,(H2,18,22)(H,20,21,23). The number of anilines is 1. The van der Waals surface area contributed by atoms with E-state index in [1.54, 1.807) is 36.7 Å². The quantitative estimate of drug-likeness (QED) is 0.678. The van der Waals surface area contributed by atoms with Crippen LogP contribution in [0.15, 0.2) is 35.8 Å². The molecule has 3 aromatic rings. The fourth-order valence-electron chi connectivity index (χ4n) is 2.05. The van der Waals surface area contributed by atoms with Crippen molar-refractivity contribution in [2.75, 3.05) is 5.32 Å². The zero-order valence-electron chi connectivity index (χ0n) is 12.6. The number of amides is 2. The highest BCUT2D eigenvalue weighted by molar-refractivity contribution is 7.14. The Bertz CT molecular complexity index is 932. The van der Waals surface area contributed by atoms with E-state index in [9.17, 15) is 14.0 Å². The number of H-pyrrole nitrogens is 1. The number of aromatic amines is 1. The van der Waals surface area contributed by atoms with Crippen molar-refractivity contribution in [3.63, 3.8) is 0 Å². The maximum Gasteiger partial charge on any atom is 0.265 e. The molecule has 0 saturated carbocycles. The lowest BCUT2D eigenvalue weighted by Gasteiger charge is -2.03. The molecule has 0 radical (unpaired) electrons. The first-order chi connectivity index (χ1) is 11.4. The van der Waals surface area contributed by atoms with E-state index in [-0.39, 0.29) is 11.3 Å². The number of aryl methyl sites for hydroxylation is 1. The molecule has 6 nitrogen and oxygen atoms in total. The second-order valence-corrected chi connectivity index (χ2v) is 5.98. The molecule has 0 spiro atoms. The molecule has 1 aromatic carbocycles. The first kappa shape index (κ1) is 15.9. The maximum absolute atomic E-state index is 13.5. The van der Waals surface area contributed by atoms with Gasteiger partial charge in [0.05, 0.1) is 5.69 Å². The predicted molar refractivity (Wildman–Crippen MR) is 89.5 cm³/mol. The monoisotopic (exact) mass is 344 g/mol. The van der Waals surface area contributed by atoms with E-state index in [2.05, 4.69) is 15.3 Å². The van der Waals surface area contributed by atoms with Gasteiger partial charge >= 0.3 is 0 Å². The molecule has 0 fully saturated rings. The van der Waals surface area contributed by atoms with Crippen molar-refractivity contribution in [1.82, 2.24) is 9.97 Å². The van der Waals surface area contributed by atoms with Gasteiger partial charge in [-0.3, -0.25) is 14.9 Å². The molecule has 0 atom stereocenters. The molecule has 24 heavy (non-hydrogen) atoms. The van der Waals surface area contributed by atoms with Crippen LogP contribution in [0.25, 0.3) is 11.3 Å². The topological polar surface area (TPSA) is 101 Å². The number of nitrogens with one attached hydrogen (secondary N) is 2. The number of carbonyl (C=O) groups is 2. The summed E-state index contributed by atoms with van der Waals surface area (Å²) in [4.78, 5) is 30.3. The Morgan fingerprint density at radius 2 is 2.12 bits per heavy atom. The normalized spacial score (nSPS) is 10.6. The fraction of sp³-hybridized carbons (Fsp3) is 0.0625. The smallest absolute Gasteiger partial charge is 0.265 e. The van der Waals surface area contributed by atoms with Crippen LogP contribution in [-0.2, 0) is 0 Å². The Labute approximate surface area is 140 Å². The van der Waals surface area contributed by atoms with Crippen LogP contribution in [0, 0.1) is 12.7 Å². The van der Waals surface area contributed by atoms with Crippen molar-refractivity contribution in [2.24, 2.45) is 5.73 Å². The molecule has 4 N–H and O–H groups in total. The van der Waals surface area contributed by atoms with E-state index in [4.69, 9.17) is 5.73 Å². The van der Waals surface area contributed by atoms with Crippen molar-refractivity contribution in [3.8, 4) is 11.3 Å². The minimum Gasteiger partial charge on any atom is -0.364 e. The van der Waals surface area contributed by atoms with E-state index < -0.39 is 17.6 Å². The van der Waals surface area contributed by atoms with Crippen LogP contribution >= 0.6 is 11.3 Å². The molecule has 122 valence electrons. The van der Waals surface area contributed by atoms with Gasteiger partial charge in [0, 0.05) is 22.7 Å². The van der Waals surface area contributed by atoms with Crippen molar-refractivity contribution >= 4 is 28.3 Å². The van der Waals surface area contributed by atoms with Gasteiger partial charge in [0.15, 0.2) is 5.13 Å². The molecule has 0 aliphatic heterocycles. The summed E-state index contributed by atoms with van der Waals surface area (Å²) in [7, 11) is 0. The van der Waals surface area contributed by atoms with Gasteiger partial charge in [0.1, 0.15) is 11.5 Å². The fourth-order valence-corrected chi connectivity index (χ4v) is 2.77. The summed E-state index contributed by atoms with van der Waals surface area (Å²) in [6, 6.07) is 5.86. The summed E-state index contributed by atoms with van der Waals surface area (Å²) >= 11 is 1.23. The average molecular weight is 344 g/mol. The van der Waals surface area contributed by atoms with Gasteiger partial charge in [-0.25, -0.2) is 9.37 Å². The van der Waals surface area contributed by atoms with Crippen molar-refractivity contribution < 1.29 is 14.0 Å². The predicted octanol–water partition coefficient (Wildman–Crippen LogP) is 2.94. The Hall–Kier alpha value is -3.00. The second kappa shape index (κ2) is 6.25. The average Bonchev–Trinajstić information content (AvgIpc) is 3.18. The Balaban J connectivity index is 1.76. The van der Waals surface area contributed by atoms with Gasteiger partial charge in [-0.1, -0.05) is 6.07 Å². The van der Waals surface area contributed by atoms with Crippen molar-refractivity contribution in [2.45, 2.75) is 6.92 Å². The minimum atomic E-state index is -0.564. The molecule has 8 heteroatoms. The number of thiazole rings is 1. The van der Waals surface area contributed by atoms with E-state index in [1.165, 1.54) is 17.4 Å². The molecule has 0 bridgehead atoms. The lowest BCUT2D eigenvalue weighted by molar-refractivity contribution is 0.0994. The molecule has 2 amide bonds. The first-order valence-corrected chi connectivity index (χ1v) is 7.83. The van der Waals surface area contributed by atoms with Gasteiger partial charge in [0.25, 0.3) is 11.8 Å². The third-order valence-electron chi connectivity index (χ3n) is 3.40. The van der Waals surface area contributed by atoms with E-state index >= 15 is 0 Å². The van der Waals surface area contributed by atoms with E-state index in [0.29, 0.717) is 22.0 Å². The SMILES string of the molecule is Cc1ccc(C(=O)Nc2nc(-c3c[nH]c(C(N)=O)c3)cs2)cc1F. The van der Waals surface area contributed by atoms with Crippen molar-refractivity contribution in [1.29, 1.82) is 0 Å². The molecule has 0 saturated heterocycles. The van der Waals surface area contributed by atoms with Gasteiger partial charge in [-0.05, 0) is 30.7 Å². The Morgan fingerprint density at radius 1 is 1.33 bits per heavy atom. The Kier molecular flexibility index (Phi) is 4.13. The number of nitrogens with two attached hydrogens (primary N) is 1. The molecular weight excluding hydrogens is 331 g/mol. The maximum atomic E-state index is 13.5. The van der Waals surface area contributed by atoms with Crippen LogP contribution < -0.4 is 11.1 Å². The lowest BCUT2D eigenvalue weighted by Crippen LogP contribution is -2.12. The highest BCUT2D eigenvalue weighted by Crippen LogP contribution is 2.26. The van der Waals surface area contributed by atoms with Gasteiger partial charge in [-0.2, -0.15) is 0 Å². The van der Waals surface area contributed by atoms with Crippen LogP contribution in [0.2, 0.25) is 0 Å². The summed E-state index contributed by atoms with van der Waals surface area (Å²) in [5.74, 6) is -1.44. The molecule has 0 aliphatic carbocycles. The second-order valence-electron chi connectivity index (χ2n) is 5.12. The number of hydrogen-bond donors (Lipinski definition) is 3. The number of hydrogen-bond acceptors (Lipinski definition) is 4. The van der Waals surface area contributed by atoms with Gasteiger partial charge in [0.2, 0.25) is 0 Å². The number of aromatic nitrogens is 2. The molecule has 0 unspecified atom stereocenters. The summed E-state index contributed by atoms with van der Waals surface area (Å²) in [5.41, 5.74) is 7.43. The molecular formula is C16H13FN4O2S. The highest BCUT2D eigenvalue weighted by atomic mass is 32.1. The van der Waals surface area contributed by atoms with E-state index in [1.807, 2.05) is 0 Å². The van der Waals surface area contributed by atoms with Crippen molar-refractivity contribution in [3.05, 3.63) is 58.5 Å². The minimum absolute atomic E-state index is 0.215. The summed E-state index contributed by atoms with van der Waals surface area (Å²) in [6.07, 6.45) is 1.61.